The Morgan fingerprint density at radius 2 is 1.91 bits per heavy atom. The quantitative estimate of drug-likeness (QED) is 0.563. The topological polar surface area (TPSA) is 68.6 Å². The van der Waals surface area contributed by atoms with Crippen LogP contribution in [0.15, 0.2) is 47.4 Å². The minimum atomic E-state index is -3.88. The van der Waals surface area contributed by atoms with Gasteiger partial charge in [0.2, 0.25) is 0 Å². The van der Waals surface area contributed by atoms with Crippen LogP contribution in [0.1, 0.15) is 35.7 Å². The Morgan fingerprint density at radius 3 is 2.59 bits per heavy atom. The van der Waals surface area contributed by atoms with Crippen molar-refractivity contribution in [3.05, 3.63) is 66.2 Å². The first-order valence-electron chi connectivity index (χ1n) is 10.9. The van der Waals surface area contributed by atoms with E-state index in [4.69, 9.17) is 4.74 Å². The third kappa shape index (κ3) is 3.06. The van der Waals surface area contributed by atoms with Gasteiger partial charge in [-0.25, -0.2) is 12.4 Å². The maximum atomic E-state index is 14.0. The van der Waals surface area contributed by atoms with Crippen molar-refractivity contribution in [2.45, 2.75) is 37.1 Å². The van der Waals surface area contributed by atoms with Crippen molar-refractivity contribution in [1.29, 1.82) is 0 Å². The van der Waals surface area contributed by atoms with E-state index in [0.717, 1.165) is 23.1 Å². The number of carbonyl (C=O) groups excluding carboxylic acids is 1. The molecule has 3 aromatic rings. The smallest absolute Gasteiger partial charge is 0.268 e. The van der Waals surface area contributed by atoms with Gasteiger partial charge in [0, 0.05) is 24.9 Å². The molecule has 0 unspecified atom stereocenters. The van der Waals surface area contributed by atoms with E-state index in [0.29, 0.717) is 42.8 Å². The number of ether oxygens (including phenoxy) is 1. The van der Waals surface area contributed by atoms with E-state index in [-0.39, 0.29) is 22.6 Å². The number of methoxy groups -OCH3 is 1. The molecule has 2 atom stereocenters. The maximum Gasteiger partial charge on any atom is 0.268 e. The van der Waals surface area contributed by atoms with Crippen LogP contribution in [-0.4, -0.2) is 43.3 Å². The third-order valence-electron chi connectivity index (χ3n) is 6.89. The van der Waals surface area contributed by atoms with Crippen molar-refractivity contribution in [1.82, 2.24) is 8.87 Å². The molecule has 2 aromatic carbocycles. The molecule has 1 aromatic heterocycles. The molecule has 6 nitrogen and oxygen atoms in total. The largest absolute Gasteiger partial charge is 0.496 e. The zero-order chi connectivity index (χ0) is 22.6. The van der Waals surface area contributed by atoms with Crippen molar-refractivity contribution < 1.29 is 17.9 Å². The van der Waals surface area contributed by atoms with E-state index >= 15 is 0 Å². The van der Waals surface area contributed by atoms with Gasteiger partial charge in [0.05, 0.1) is 48.5 Å². The number of nitrogens with zero attached hydrogens (tertiary/aromatic N) is 2. The highest BCUT2D eigenvalue weighted by molar-refractivity contribution is 7.90. The van der Waals surface area contributed by atoms with Crippen molar-refractivity contribution in [2.75, 3.05) is 20.2 Å². The molecular formula is C25H27N2O4S+. The first kappa shape index (κ1) is 21.1. The number of Topliss-reactive ketones (excluding diaryl/α,β-unsaturated/α-hetero) is 1. The van der Waals surface area contributed by atoms with Gasteiger partial charge in [-0.05, 0) is 43.2 Å². The molecule has 32 heavy (non-hydrogen) atoms. The molecular weight excluding hydrogens is 424 g/mol. The van der Waals surface area contributed by atoms with Crippen LogP contribution in [0.2, 0.25) is 0 Å². The van der Waals surface area contributed by atoms with Gasteiger partial charge in [-0.3, -0.25) is 9.69 Å². The minimum absolute atomic E-state index is 0.0890. The lowest BCUT2D eigenvalue weighted by molar-refractivity contribution is -0.128. The number of fused-ring (bicyclic) bond motifs is 5. The summed E-state index contributed by atoms with van der Waals surface area (Å²) in [6, 6.07) is 12.1. The highest BCUT2D eigenvalue weighted by atomic mass is 32.2. The van der Waals surface area contributed by atoms with Crippen LogP contribution in [0.25, 0.3) is 10.9 Å². The Morgan fingerprint density at radius 1 is 1.16 bits per heavy atom. The molecule has 0 saturated carbocycles. The second-order valence-corrected chi connectivity index (χ2v) is 10.5. The van der Waals surface area contributed by atoms with Crippen LogP contribution in [0, 0.1) is 19.8 Å². The summed E-state index contributed by atoms with van der Waals surface area (Å²) in [4.78, 5) is 15.3. The third-order valence-corrected chi connectivity index (χ3v) is 8.63. The van der Waals surface area contributed by atoms with Gasteiger partial charge in [-0.15, -0.1) is 0 Å². The zero-order valence-electron chi connectivity index (χ0n) is 18.4. The highest BCUT2D eigenvalue weighted by Crippen LogP contribution is 2.45. The van der Waals surface area contributed by atoms with E-state index in [1.54, 1.807) is 31.4 Å². The van der Waals surface area contributed by atoms with Crippen molar-refractivity contribution in [3.8, 4) is 5.75 Å². The van der Waals surface area contributed by atoms with E-state index in [9.17, 15) is 13.2 Å². The second-order valence-electron chi connectivity index (χ2n) is 8.72. The van der Waals surface area contributed by atoms with Gasteiger partial charge in [-0.2, -0.15) is 0 Å². The molecule has 0 amide bonds. The lowest BCUT2D eigenvalue weighted by atomic mass is 9.84. The average molecular weight is 452 g/mol. The lowest BCUT2D eigenvalue weighted by Crippen LogP contribution is -2.47. The fourth-order valence-corrected chi connectivity index (χ4v) is 6.82. The first-order chi connectivity index (χ1) is 15.4. The first-order valence-corrected chi connectivity index (χ1v) is 12.4. The highest BCUT2D eigenvalue weighted by Gasteiger charge is 2.43. The van der Waals surface area contributed by atoms with Crippen LogP contribution < -0.4 is 4.74 Å². The number of aryl methyl sites for hydroxylation is 1. The monoisotopic (exact) mass is 451 g/mol. The molecule has 0 spiro atoms. The van der Waals surface area contributed by atoms with Gasteiger partial charge in [0.25, 0.3) is 10.0 Å². The second kappa shape index (κ2) is 7.67. The Hall–Kier alpha value is -2.77. The Balaban J connectivity index is 1.80. The predicted octanol–water partition coefficient (Wildman–Crippen LogP) is 3.91. The molecule has 2 aliphatic heterocycles. The number of benzene rings is 2. The maximum absolute atomic E-state index is 14.0. The van der Waals surface area contributed by atoms with E-state index in [1.807, 2.05) is 25.1 Å². The molecule has 5 rings (SSSR count). The SMILES string of the molecule is [CH2+]C[C@H]1CN2CCc3c(n(S(=O)(=O)c4ccc(C)cc4)c4cccc(OC)c34)[C@@H]2CC1=O. The fourth-order valence-electron chi connectivity index (χ4n) is 5.23. The number of rotatable bonds is 4. The van der Waals surface area contributed by atoms with Crippen LogP contribution in [0.5, 0.6) is 5.75 Å². The van der Waals surface area contributed by atoms with Gasteiger partial charge < -0.3 is 4.74 Å². The molecule has 0 N–H and O–H groups in total. The summed E-state index contributed by atoms with van der Waals surface area (Å²) in [5.74, 6) is 0.724. The fraction of sp³-hybridized carbons (Fsp3) is 0.360. The number of hydrogen-bond donors (Lipinski definition) is 0. The Kier molecular flexibility index (Phi) is 5.06. The van der Waals surface area contributed by atoms with E-state index < -0.39 is 10.0 Å². The summed E-state index contributed by atoms with van der Waals surface area (Å²) in [6.07, 6.45) is 1.57. The molecule has 0 aliphatic carbocycles. The van der Waals surface area contributed by atoms with Crippen LogP contribution in [0.3, 0.4) is 0 Å². The van der Waals surface area contributed by atoms with Gasteiger partial charge in [-0.1, -0.05) is 23.8 Å². The lowest BCUT2D eigenvalue weighted by Gasteiger charge is -2.41. The molecule has 2 aliphatic rings. The summed E-state index contributed by atoms with van der Waals surface area (Å²) in [5.41, 5.74) is 3.26. The van der Waals surface area contributed by atoms with Gasteiger partial charge in [0.1, 0.15) is 11.5 Å². The number of ketones is 1. The Labute approximate surface area is 188 Å². The van der Waals surface area contributed by atoms with Crippen molar-refractivity contribution in [2.24, 2.45) is 5.92 Å². The van der Waals surface area contributed by atoms with Crippen molar-refractivity contribution >= 4 is 26.7 Å². The van der Waals surface area contributed by atoms with Crippen LogP contribution >= 0.6 is 0 Å². The minimum Gasteiger partial charge on any atom is -0.496 e. The van der Waals surface area contributed by atoms with E-state index in [1.165, 1.54) is 3.97 Å². The standard InChI is InChI=1S/C25H27N2O4S/c1-4-17-15-26-13-12-19-24-20(6-5-7-23(24)31-3)27(25(19)21(26)14-22(17)28)32(29,30)18-10-8-16(2)9-11-18/h5-11,17,21H,1,4,12-15H2,2-3H3/q+1/t17-,21-/m0/s1. The number of aromatic nitrogens is 1. The number of carbonyl (C=O) groups is 1. The molecule has 1 fully saturated rings. The summed E-state index contributed by atoms with van der Waals surface area (Å²) in [7, 11) is -2.28. The zero-order valence-corrected chi connectivity index (χ0v) is 19.2. The molecule has 0 radical (unpaired) electrons. The molecule has 3 heterocycles. The molecule has 1 saturated heterocycles. The van der Waals surface area contributed by atoms with Crippen molar-refractivity contribution in [3.63, 3.8) is 0 Å². The van der Waals surface area contributed by atoms with Crippen LogP contribution in [0.4, 0.5) is 0 Å². The Bertz CT molecular complexity index is 1310. The average Bonchev–Trinajstić information content (AvgIpc) is 3.14. The van der Waals surface area contributed by atoms with E-state index in [2.05, 4.69) is 11.8 Å². The summed E-state index contributed by atoms with van der Waals surface area (Å²) in [5, 5.41) is 0.826. The molecule has 7 heteroatoms. The van der Waals surface area contributed by atoms with Gasteiger partial charge >= 0.3 is 0 Å². The van der Waals surface area contributed by atoms with Gasteiger partial charge in [0.15, 0.2) is 0 Å². The molecule has 0 bridgehead atoms. The summed E-state index contributed by atoms with van der Waals surface area (Å²) >= 11 is 0. The normalized spacial score (nSPS) is 21.4. The molecule has 166 valence electrons. The van der Waals surface area contributed by atoms with Crippen LogP contribution in [-0.2, 0) is 21.2 Å². The predicted molar refractivity (Wildman–Crippen MR) is 123 cm³/mol. The summed E-state index contributed by atoms with van der Waals surface area (Å²) < 4.78 is 35.1. The summed E-state index contributed by atoms with van der Waals surface area (Å²) in [6.45, 7) is 7.27. The number of piperidine rings is 1. The number of hydrogen-bond acceptors (Lipinski definition) is 5.